The second kappa shape index (κ2) is 4.34. The van der Waals surface area contributed by atoms with Crippen LogP contribution in [0.25, 0.3) is 0 Å². The molecular formula is C14H17N3. The lowest BCUT2D eigenvalue weighted by atomic mass is 10.1. The minimum absolute atomic E-state index is 0.875. The Balaban J connectivity index is 1.91. The number of rotatable bonds is 2. The topological polar surface area (TPSA) is 29.9 Å². The summed E-state index contributed by atoms with van der Waals surface area (Å²) in [6.45, 7) is 5.04. The third-order valence-corrected chi connectivity index (χ3v) is 3.43. The lowest BCUT2D eigenvalue weighted by molar-refractivity contribution is 0.614. The summed E-state index contributed by atoms with van der Waals surface area (Å²) < 4.78 is 2.13. The highest BCUT2D eigenvalue weighted by atomic mass is 15.3. The normalized spacial score (nSPS) is 14.6. The van der Waals surface area contributed by atoms with Crippen LogP contribution in [0.15, 0.2) is 30.3 Å². The monoisotopic (exact) mass is 227 g/mol. The average Bonchev–Trinajstić information content (AvgIpc) is 2.68. The maximum Gasteiger partial charge on any atom is 0.0797 e. The van der Waals surface area contributed by atoms with Gasteiger partial charge < -0.3 is 5.32 Å². The van der Waals surface area contributed by atoms with Crippen molar-refractivity contribution in [3.8, 4) is 0 Å². The van der Waals surface area contributed by atoms with Gasteiger partial charge in [-0.25, -0.2) is 0 Å². The fourth-order valence-electron chi connectivity index (χ4n) is 2.44. The second-order valence-electron chi connectivity index (χ2n) is 4.58. The summed E-state index contributed by atoms with van der Waals surface area (Å²) in [4.78, 5) is 0. The zero-order valence-electron chi connectivity index (χ0n) is 10.1. The molecule has 1 aliphatic heterocycles. The molecule has 2 heterocycles. The van der Waals surface area contributed by atoms with Crippen LogP contribution in [-0.4, -0.2) is 16.3 Å². The SMILES string of the molecule is Cc1c2c(nn1Cc1ccccc1)CNCC2. The van der Waals surface area contributed by atoms with Crippen molar-refractivity contribution in [2.45, 2.75) is 26.4 Å². The predicted octanol–water partition coefficient (Wildman–Crippen LogP) is 1.89. The Hall–Kier alpha value is -1.61. The lowest BCUT2D eigenvalue weighted by Crippen LogP contribution is -2.23. The van der Waals surface area contributed by atoms with Crippen LogP contribution in [0.1, 0.15) is 22.5 Å². The van der Waals surface area contributed by atoms with Crippen molar-refractivity contribution in [3.05, 3.63) is 52.8 Å². The van der Waals surface area contributed by atoms with Crippen molar-refractivity contribution < 1.29 is 0 Å². The van der Waals surface area contributed by atoms with E-state index in [1.54, 1.807) is 0 Å². The molecule has 3 nitrogen and oxygen atoms in total. The summed E-state index contributed by atoms with van der Waals surface area (Å²) in [5.41, 5.74) is 5.30. The first-order chi connectivity index (χ1) is 8.34. The van der Waals surface area contributed by atoms with Crippen molar-refractivity contribution in [1.82, 2.24) is 15.1 Å². The van der Waals surface area contributed by atoms with E-state index < -0.39 is 0 Å². The molecule has 0 fully saturated rings. The van der Waals surface area contributed by atoms with Crippen molar-refractivity contribution in [1.29, 1.82) is 0 Å². The molecule has 0 bridgehead atoms. The lowest BCUT2D eigenvalue weighted by Gasteiger charge is -2.11. The first kappa shape index (κ1) is 10.5. The van der Waals surface area contributed by atoms with E-state index in [1.807, 2.05) is 6.07 Å². The van der Waals surface area contributed by atoms with E-state index in [0.717, 1.165) is 26.1 Å². The maximum absolute atomic E-state index is 4.70. The number of nitrogens with zero attached hydrogens (tertiary/aromatic N) is 2. The molecule has 0 amide bonds. The Morgan fingerprint density at radius 3 is 2.88 bits per heavy atom. The van der Waals surface area contributed by atoms with Crippen LogP contribution < -0.4 is 5.32 Å². The summed E-state index contributed by atoms with van der Waals surface area (Å²) in [6, 6.07) is 10.5. The van der Waals surface area contributed by atoms with Gasteiger partial charge in [0, 0.05) is 12.2 Å². The molecule has 0 saturated carbocycles. The molecule has 1 aromatic carbocycles. The summed E-state index contributed by atoms with van der Waals surface area (Å²) in [6.07, 6.45) is 1.11. The molecular weight excluding hydrogens is 210 g/mol. The molecule has 3 heteroatoms. The molecule has 0 radical (unpaired) electrons. The van der Waals surface area contributed by atoms with Gasteiger partial charge in [0.25, 0.3) is 0 Å². The van der Waals surface area contributed by atoms with Gasteiger partial charge in [0.15, 0.2) is 0 Å². The van der Waals surface area contributed by atoms with Gasteiger partial charge in [-0.15, -0.1) is 0 Å². The Bertz CT molecular complexity index is 514. The van der Waals surface area contributed by atoms with Gasteiger partial charge in [-0.3, -0.25) is 4.68 Å². The van der Waals surface area contributed by atoms with Crippen molar-refractivity contribution >= 4 is 0 Å². The molecule has 1 aromatic heterocycles. The maximum atomic E-state index is 4.70. The third kappa shape index (κ3) is 1.98. The number of hydrogen-bond donors (Lipinski definition) is 1. The first-order valence-electron chi connectivity index (χ1n) is 6.14. The number of nitrogens with one attached hydrogen (secondary N) is 1. The fourth-order valence-corrected chi connectivity index (χ4v) is 2.44. The zero-order valence-corrected chi connectivity index (χ0v) is 10.1. The van der Waals surface area contributed by atoms with Crippen LogP contribution in [0, 0.1) is 6.92 Å². The largest absolute Gasteiger partial charge is 0.311 e. The molecule has 0 saturated heterocycles. The molecule has 0 unspecified atom stereocenters. The van der Waals surface area contributed by atoms with Gasteiger partial charge in [0.1, 0.15) is 0 Å². The van der Waals surface area contributed by atoms with E-state index in [-0.39, 0.29) is 0 Å². The molecule has 1 N–H and O–H groups in total. The molecule has 1 aliphatic rings. The van der Waals surface area contributed by atoms with Crippen LogP contribution in [0.2, 0.25) is 0 Å². The van der Waals surface area contributed by atoms with Gasteiger partial charge in [-0.05, 0) is 31.0 Å². The van der Waals surface area contributed by atoms with Gasteiger partial charge in [0.2, 0.25) is 0 Å². The van der Waals surface area contributed by atoms with E-state index >= 15 is 0 Å². The number of benzene rings is 1. The van der Waals surface area contributed by atoms with Crippen LogP contribution in [0.4, 0.5) is 0 Å². The molecule has 2 aromatic rings. The summed E-state index contributed by atoms with van der Waals surface area (Å²) in [5, 5.41) is 8.07. The minimum atomic E-state index is 0.875. The van der Waals surface area contributed by atoms with Crippen LogP contribution >= 0.6 is 0 Å². The van der Waals surface area contributed by atoms with Crippen LogP contribution in [0.5, 0.6) is 0 Å². The smallest absolute Gasteiger partial charge is 0.0797 e. The molecule has 88 valence electrons. The predicted molar refractivity (Wildman–Crippen MR) is 67.9 cm³/mol. The van der Waals surface area contributed by atoms with Gasteiger partial charge in [-0.2, -0.15) is 5.10 Å². The van der Waals surface area contributed by atoms with Crippen molar-refractivity contribution in [2.24, 2.45) is 0 Å². The van der Waals surface area contributed by atoms with E-state index in [2.05, 4.69) is 41.2 Å². The van der Waals surface area contributed by atoms with E-state index in [1.165, 1.54) is 22.5 Å². The third-order valence-electron chi connectivity index (χ3n) is 3.43. The Kier molecular flexibility index (Phi) is 2.69. The van der Waals surface area contributed by atoms with Crippen LogP contribution in [0.3, 0.4) is 0 Å². The molecule has 0 atom stereocenters. The Morgan fingerprint density at radius 2 is 2.12 bits per heavy atom. The van der Waals surface area contributed by atoms with Gasteiger partial charge in [-0.1, -0.05) is 30.3 Å². The molecule has 3 rings (SSSR count). The van der Waals surface area contributed by atoms with Crippen molar-refractivity contribution in [3.63, 3.8) is 0 Å². The number of fused-ring (bicyclic) bond motifs is 1. The molecule has 0 spiro atoms. The highest BCUT2D eigenvalue weighted by molar-refractivity contribution is 5.28. The highest BCUT2D eigenvalue weighted by Crippen LogP contribution is 2.18. The summed E-state index contributed by atoms with van der Waals surface area (Å²) >= 11 is 0. The summed E-state index contributed by atoms with van der Waals surface area (Å²) in [7, 11) is 0. The molecule has 0 aliphatic carbocycles. The summed E-state index contributed by atoms with van der Waals surface area (Å²) in [5.74, 6) is 0. The quantitative estimate of drug-likeness (QED) is 0.849. The zero-order chi connectivity index (χ0) is 11.7. The minimum Gasteiger partial charge on any atom is -0.311 e. The Morgan fingerprint density at radius 1 is 1.29 bits per heavy atom. The number of aromatic nitrogens is 2. The van der Waals surface area contributed by atoms with Crippen LogP contribution in [-0.2, 0) is 19.5 Å². The molecule has 17 heavy (non-hydrogen) atoms. The standard InChI is InChI=1S/C14H17N3/c1-11-13-7-8-15-9-14(13)16-17(11)10-12-5-3-2-4-6-12/h2-6,15H,7-10H2,1H3. The first-order valence-corrected chi connectivity index (χ1v) is 6.14. The average molecular weight is 227 g/mol. The van der Waals surface area contributed by atoms with Gasteiger partial charge >= 0.3 is 0 Å². The number of hydrogen-bond acceptors (Lipinski definition) is 2. The van der Waals surface area contributed by atoms with E-state index in [4.69, 9.17) is 5.10 Å². The van der Waals surface area contributed by atoms with E-state index in [9.17, 15) is 0 Å². The fraction of sp³-hybridized carbons (Fsp3) is 0.357. The Labute approximate surface area is 101 Å². The van der Waals surface area contributed by atoms with Gasteiger partial charge in [0.05, 0.1) is 12.2 Å². The second-order valence-corrected chi connectivity index (χ2v) is 4.58. The van der Waals surface area contributed by atoms with Crippen molar-refractivity contribution in [2.75, 3.05) is 6.54 Å². The van der Waals surface area contributed by atoms with E-state index in [0.29, 0.717) is 0 Å². The highest BCUT2D eigenvalue weighted by Gasteiger charge is 2.17.